The second-order valence-corrected chi connectivity index (χ2v) is 8.32. The van der Waals surface area contributed by atoms with Crippen molar-refractivity contribution in [3.63, 3.8) is 0 Å². The van der Waals surface area contributed by atoms with Gasteiger partial charge in [0, 0.05) is 4.47 Å². The Hall–Kier alpha value is -1.16. The molecule has 3 nitrogen and oxygen atoms in total. The number of carbonyl (C=O) groups excluding carboxylic acids is 2. The molecule has 1 saturated heterocycles. The summed E-state index contributed by atoms with van der Waals surface area (Å²) < 4.78 is 1.01. The van der Waals surface area contributed by atoms with E-state index in [4.69, 9.17) is 0 Å². The normalized spacial score (nSPS) is 41.6. The predicted octanol–water partition coefficient (Wildman–Crippen LogP) is 3.54. The zero-order valence-corrected chi connectivity index (χ0v) is 14.0. The Kier molecular flexibility index (Phi) is 2.55. The van der Waals surface area contributed by atoms with Crippen molar-refractivity contribution >= 4 is 33.4 Å². The fourth-order valence-corrected chi connectivity index (χ4v) is 5.81. The summed E-state index contributed by atoms with van der Waals surface area (Å²) >= 11 is 3.48. The third-order valence-electron chi connectivity index (χ3n) is 6.54. The molecule has 5 fully saturated rings. The first kappa shape index (κ1) is 13.3. The maximum atomic E-state index is 13.0. The lowest BCUT2D eigenvalue weighted by molar-refractivity contribution is -0.129. The minimum Gasteiger partial charge on any atom is -0.274 e. The highest BCUT2D eigenvalue weighted by atomic mass is 79.9. The number of nitrogens with zero attached hydrogens (tertiary/aromatic N) is 1. The third kappa shape index (κ3) is 1.52. The van der Waals surface area contributed by atoms with Gasteiger partial charge < -0.3 is 0 Å². The van der Waals surface area contributed by atoms with Gasteiger partial charge >= 0.3 is 0 Å². The van der Waals surface area contributed by atoms with Crippen molar-refractivity contribution in [2.24, 2.45) is 35.5 Å². The fourth-order valence-electron chi connectivity index (χ4n) is 5.56. The standard InChI is InChI=1S/C18H18BrNO2/c1-8-6-9(2-5-14(8)19)20-17(21)15-10-3-4-11(13-7-12(10)13)16(15)18(20)22/h2,5-6,10-13,15-16H,3-4,7H2,1H3/t10-,11+,12+,13-,15-,16+. The van der Waals surface area contributed by atoms with Crippen molar-refractivity contribution in [1.82, 2.24) is 0 Å². The Balaban J connectivity index is 1.57. The molecule has 0 N–H and O–H groups in total. The lowest BCUT2D eigenvalue weighted by atomic mass is 9.59. The van der Waals surface area contributed by atoms with Gasteiger partial charge in [-0.25, -0.2) is 0 Å². The second kappa shape index (κ2) is 4.22. The van der Waals surface area contributed by atoms with Crippen LogP contribution in [0.5, 0.6) is 0 Å². The molecule has 22 heavy (non-hydrogen) atoms. The molecule has 4 aliphatic carbocycles. The van der Waals surface area contributed by atoms with Crippen molar-refractivity contribution in [1.29, 1.82) is 0 Å². The van der Waals surface area contributed by atoms with Crippen LogP contribution < -0.4 is 4.90 Å². The summed E-state index contributed by atoms with van der Waals surface area (Å²) in [6.07, 6.45) is 3.57. The Morgan fingerprint density at radius 1 is 1.00 bits per heavy atom. The van der Waals surface area contributed by atoms with E-state index >= 15 is 0 Å². The Morgan fingerprint density at radius 3 is 2.14 bits per heavy atom. The second-order valence-electron chi connectivity index (χ2n) is 7.47. The van der Waals surface area contributed by atoms with Gasteiger partial charge in [-0.3, -0.25) is 14.5 Å². The van der Waals surface area contributed by atoms with Crippen LogP contribution in [0.1, 0.15) is 24.8 Å². The van der Waals surface area contributed by atoms with E-state index in [1.807, 2.05) is 25.1 Å². The van der Waals surface area contributed by atoms with Gasteiger partial charge in [0.05, 0.1) is 17.5 Å². The summed E-state index contributed by atoms with van der Waals surface area (Å²) in [6.45, 7) is 1.99. The highest BCUT2D eigenvalue weighted by Crippen LogP contribution is 2.68. The number of aryl methyl sites for hydroxylation is 1. The third-order valence-corrected chi connectivity index (χ3v) is 7.43. The first-order valence-corrected chi connectivity index (χ1v) is 9.01. The fraction of sp³-hybridized carbons (Fsp3) is 0.556. The van der Waals surface area contributed by atoms with E-state index in [9.17, 15) is 9.59 Å². The van der Waals surface area contributed by atoms with Gasteiger partial charge in [-0.15, -0.1) is 0 Å². The molecule has 4 heteroatoms. The minimum absolute atomic E-state index is 0.0287. The molecule has 1 heterocycles. The number of fused-ring (bicyclic) bond motifs is 1. The molecule has 0 radical (unpaired) electrons. The van der Waals surface area contributed by atoms with E-state index in [0.717, 1.165) is 40.4 Å². The molecule has 0 spiro atoms. The molecule has 2 amide bonds. The van der Waals surface area contributed by atoms with Crippen LogP contribution in [-0.2, 0) is 9.59 Å². The van der Waals surface area contributed by atoms with Crippen LogP contribution in [0.15, 0.2) is 22.7 Å². The first-order chi connectivity index (χ1) is 10.6. The van der Waals surface area contributed by atoms with Crippen LogP contribution in [0.2, 0.25) is 0 Å². The highest BCUT2D eigenvalue weighted by molar-refractivity contribution is 9.10. The summed E-state index contributed by atoms with van der Waals surface area (Å²) in [5, 5.41) is 0. The SMILES string of the molecule is Cc1cc(N2C(=O)[C@@H]3[C@@H]4CC[C@@H]([C@H]5C[C@H]54)[C@@H]3C2=O)ccc1Br. The summed E-state index contributed by atoms with van der Waals surface area (Å²) in [7, 11) is 0. The summed E-state index contributed by atoms with van der Waals surface area (Å²) in [5.74, 6) is 2.49. The van der Waals surface area contributed by atoms with Crippen molar-refractivity contribution < 1.29 is 9.59 Å². The van der Waals surface area contributed by atoms with Crippen LogP contribution in [0.3, 0.4) is 0 Å². The topological polar surface area (TPSA) is 37.4 Å². The molecule has 1 aromatic rings. The van der Waals surface area contributed by atoms with Crippen LogP contribution in [0.4, 0.5) is 5.69 Å². The van der Waals surface area contributed by atoms with E-state index < -0.39 is 0 Å². The number of halogens is 1. The summed E-state index contributed by atoms with van der Waals surface area (Å²) in [6, 6.07) is 5.76. The Bertz CT molecular complexity index is 681. The number of rotatable bonds is 1. The van der Waals surface area contributed by atoms with Crippen LogP contribution in [-0.4, -0.2) is 11.8 Å². The van der Waals surface area contributed by atoms with Gasteiger partial charge in [-0.05, 0) is 73.6 Å². The zero-order valence-electron chi connectivity index (χ0n) is 12.5. The molecule has 2 bridgehead atoms. The Labute approximate surface area is 138 Å². The van der Waals surface area contributed by atoms with Crippen LogP contribution >= 0.6 is 15.9 Å². The summed E-state index contributed by atoms with van der Waals surface area (Å²) in [5.41, 5.74) is 1.80. The van der Waals surface area contributed by atoms with Crippen molar-refractivity contribution in [2.45, 2.75) is 26.2 Å². The quantitative estimate of drug-likeness (QED) is 0.719. The van der Waals surface area contributed by atoms with Crippen molar-refractivity contribution in [3.8, 4) is 0 Å². The van der Waals surface area contributed by atoms with E-state index in [2.05, 4.69) is 15.9 Å². The number of carbonyl (C=O) groups is 2. The average Bonchev–Trinajstić information content (AvgIpc) is 3.28. The number of anilines is 1. The monoisotopic (exact) mass is 359 g/mol. The number of benzene rings is 1. The number of amides is 2. The van der Waals surface area contributed by atoms with Gasteiger partial charge in [-0.1, -0.05) is 15.9 Å². The Morgan fingerprint density at radius 2 is 1.59 bits per heavy atom. The molecule has 0 aromatic heterocycles. The molecular formula is C18H18BrNO2. The maximum absolute atomic E-state index is 13.0. The molecule has 1 aliphatic heterocycles. The molecule has 0 unspecified atom stereocenters. The minimum atomic E-state index is -0.0287. The van der Waals surface area contributed by atoms with Crippen LogP contribution in [0, 0.1) is 42.4 Å². The van der Waals surface area contributed by atoms with E-state index in [1.54, 1.807) is 0 Å². The lowest BCUT2D eigenvalue weighted by Crippen LogP contribution is -2.43. The smallest absolute Gasteiger partial charge is 0.237 e. The largest absolute Gasteiger partial charge is 0.274 e. The molecule has 6 atom stereocenters. The zero-order chi connectivity index (χ0) is 15.2. The van der Waals surface area contributed by atoms with Crippen molar-refractivity contribution in [2.75, 3.05) is 4.90 Å². The molecule has 5 aliphatic rings. The van der Waals surface area contributed by atoms with E-state index in [1.165, 1.54) is 11.3 Å². The molecule has 6 rings (SSSR count). The lowest BCUT2D eigenvalue weighted by Gasteiger charge is -2.42. The highest BCUT2D eigenvalue weighted by Gasteiger charge is 2.68. The number of hydrogen-bond donors (Lipinski definition) is 0. The van der Waals surface area contributed by atoms with Gasteiger partial charge in [-0.2, -0.15) is 0 Å². The number of hydrogen-bond acceptors (Lipinski definition) is 2. The van der Waals surface area contributed by atoms with Crippen molar-refractivity contribution in [3.05, 3.63) is 28.2 Å². The molecule has 4 saturated carbocycles. The number of imide groups is 1. The average molecular weight is 360 g/mol. The molecular weight excluding hydrogens is 342 g/mol. The van der Waals surface area contributed by atoms with Gasteiger partial charge in [0.15, 0.2) is 0 Å². The maximum Gasteiger partial charge on any atom is 0.237 e. The van der Waals surface area contributed by atoms with Gasteiger partial charge in [0.1, 0.15) is 0 Å². The predicted molar refractivity (Wildman–Crippen MR) is 86.2 cm³/mol. The van der Waals surface area contributed by atoms with Crippen LogP contribution in [0.25, 0.3) is 0 Å². The molecule has 114 valence electrons. The first-order valence-electron chi connectivity index (χ1n) is 8.22. The summed E-state index contributed by atoms with van der Waals surface area (Å²) in [4.78, 5) is 27.5. The van der Waals surface area contributed by atoms with Gasteiger partial charge in [0.2, 0.25) is 11.8 Å². The van der Waals surface area contributed by atoms with E-state index in [-0.39, 0.29) is 23.7 Å². The molecule has 1 aromatic carbocycles. The van der Waals surface area contributed by atoms with E-state index in [0.29, 0.717) is 11.8 Å². The van der Waals surface area contributed by atoms with Gasteiger partial charge in [0.25, 0.3) is 0 Å².